The predicted octanol–water partition coefficient (Wildman–Crippen LogP) is 2.66. The van der Waals surface area contributed by atoms with Gasteiger partial charge in [-0.2, -0.15) is 0 Å². The summed E-state index contributed by atoms with van der Waals surface area (Å²) >= 11 is 0. The van der Waals surface area contributed by atoms with Gasteiger partial charge in [-0.3, -0.25) is 4.79 Å². The fourth-order valence-electron chi connectivity index (χ4n) is 2.36. The molecule has 0 heterocycles. The third-order valence-electron chi connectivity index (χ3n) is 3.77. The predicted molar refractivity (Wildman–Crippen MR) is 112 cm³/mol. The van der Waals surface area contributed by atoms with Gasteiger partial charge in [0.15, 0.2) is 0 Å². The summed E-state index contributed by atoms with van der Waals surface area (Å²) in [6.07, 6.45) is -0.751. The van der Waals surface area contributed by atoms with Crippen molar-refractivity contribution >= 4 is 18.0 Å². The number of carbonyl (C=O) groups excluding carboxylic acids is 3. The van der Waals surface area contributed by atoms with Gasteiger partial charge in [0.1, 0.15) is 24.0 Å². The summed E-state index contributed by atoms with van der Waals surface area (Å²) < 4.78 is 36.4. The summed E-state index contributed by atoms with van der Waals surface area (Å²) in [7, 11) is 1.17. The Morgan fingerprint density at radius 3 is 2.30 bits per heavy atom. The van der Waals surface area contributed by atoms with Crippen LogP contribution in [-0.2, 0) is 14.3 Å². The van der Waals surface area contributed by atoms with Gasteiger partial charge in [-0.25, -0.2) is 9.59 Å². The van der Waals surface area contributed by atoms with Gasteiger partial charge >= 0.3 is 12.1 Å². The van der Waals surface area contributed by atoms with Crippen LogP contribution in [0.15, 0.2) is 24.3 Å². The lowest BCUT2D eigenvalue weighted by Gasteiger charge is -2.34. The number of carbonyl (C=O) groups is 3. The molecule has 0 aliphatic rings. The molecule has 0 aliphatic carbocycles. The molecule has 1 atom stereocenters. The van der Waals surface area contributed by atoms with Crippen molar-refractivity contribution in [3.05, 3.63) is 29.8 Å². The average molecular weight is 422 g/mol. The van der Waals surface area contributed by atoms with E-state index in [0.29, 0.717) is 5.75 Å². The van der Waals surface area contributed by atoms with Crippen LogP contribution in [0.5, 0.6) is 5.75 Å². The summed E-state index contributed by atoms with van der Waals surface area (Å²) in [5.74, 6) is 3.51. The van der Waals surface area contributed by atoms with Gasteiger partial charge in [0, 0.05) is 9.68 Å². The van der Waals surface area contributed by atoms with Gasteiger partial charge in [0.25, 0.3) is 5.91 Å². The number of nitrogens with one attached hydrogen (secondary N) is 2. The van der Waals surface area contributed by atoms with Crippen LogP contribution in [0.25, 0.3) is 0 Å². The molecule has 0 fully saturated rings. The number of rotatable bonds is 7. The molecule has 1 aromatic carbocycles. The molecule has 0 saturated heterocycles. The molecule has 8 heteroatoms. The number of amides is 2. The lowest BCUT2D eigenvalue weighted by atomic mass is 9.94. The number of esters is 1. The highest BCUT2D eigenvalue weighted by Gasteiger charge is 2.39. The molecular formula is C22H30N2O6. The molecule has 0 saturated carbocycles. The number of methoxy groups -OCH3 is 1. The lowest BCUT2D eigenvalue weighted by molar-refractivity contribution is -0.144. The van der Waals surface area contributed by atoms with Gasteiger partial charge in [-0.05, 0) is 65.7 Å². The van der Waals surface area contributed by atoms with E-state index in [1.54, 1.807) is 34.6 Å². The maximum atomic E-state index is 12.7. The topological polar surface area (TPSA) is 103 Å². The van der Waals surface area contributed by atoms with E-state index >= 15 is 0 Å². The number of ether oxygens (including phenoxy) is 3. The molecule has 0 radical (unpaired) electrons. The van der Waals surface area contributed by atoms with Crippen molar-refractivity contribution in [3.63, 3.8) is 0 Å². The third kappa shape index (κ3) is 8.03. The summed E-state index contributed by atoms with van der Waals surface area (Å²) in [6.45, 7) is 5.73. The molecule has 2 amide bonds. The van der Waals surface area contributed by atoms with E-state index < -0.39 is 42.0 Å². The zero-order valence-electron chi connectivity index (χ0n) is 21.0. The molecule has 2 N–H and O–H groups in total. The third-order valence-corrected chi connectivity index (χ3v) is 3.77. The second kappa shape index (κ2) is 10.5. The molecule has 0 bridgehead atoms. The number of benzene rings is 1. The van der Waals surface area contributed by atoms with Crippen LogP contribution in [0.3, 0.4) is 0 Å². The lowest BCUT2D eigenvalue weighted by Crippen LogP contribution is -2.62. The first-order chi connectivity index (χ1) is 15.0. The Hall–Kier alpha value is -3.21. The van der Waals surface area contributed by atoms with Gasteiger partial charge in [0.05, 0.1) is 12.6 Å². The quantitative estimate of drug-likeness (QED) is 0.518. The molecule has 8 nitrogen and oxygen atoms in total. The normalized spacial score (nSPS) is 13.9. The summed E-state index contributed by atoms with van der Waals surface area (Å²) in [5, 5.41) is 5.16. The van der Waals surface area contributed by atoms with Crippen LogP contribution in [0, 0.1) is 11.8 Å². The van der Waals surface area contributed by atoms with Crippen LogP contribution in [0.1, 0.15) is 55.9 Å². The molecule has 164 valence electrons. The standard InChI is InChI=1S/C22H30N2O6/c1-8-9-14-29-16-12-10-15(11-13-16)18(25)23-17(19(26)28-7)22(5,6)24-20(27)30-21(2,3)4/h10-13,17H,14H2,1-7H3,(H,23,25)(H,24,27)/t17-/m1/s1/i1D3. The Kier molecular flexibility index (Phi) is 7.05. The molecule has 30 heavy (non-hydrogen) atoms. The minimum Gasteiger partial charge on any atom is -0.481 e. The van der Waals surface area contributed by atoms with E-state index in [0.717, 1.165) is 0 Å². The van der Waals surface area contributed by atoms with Crippen molar-refractivity contribution in [2.45, 2.75) is 58.7 Å². The fourth-order valence-corrected chi connectivity index (χ4v) is 2.36. The first-order valence-corrected chi connectivity index (χ1v) is 9.17. The summed E-state index contributed by atoms with van der Waals surface area (Å²) in [5.41, 5.74) is -1.76. The van der Waals surface area contributed by atoms with Crippen LogP contribution < -0.4 is 15.4 Å². The minimum atomic E-state index is -2.35. The Morgan fingerprint density at radius 1 is 1.13 bits per heavy atom. The molecule has 0 unspecified atom stereocenters. The van der Waals surface area contributed by atoms with E-state index in [1.807, 2.05) is 0 Å². The van der Waals surface area contributed by atoms with E-state index in [4.69, 9.17) is 18.3 Å². The van der Waals surface area contributed by atoms with E-state index in [9.17, 15) is 14.4 Å². The Bertz CT molecular complexity index is 909. The maximum absolute atomic E-state index is 12.7. The summed E-state index contributed by atoms with van der Waals surface area (Å²) in [4.78, 5) is 37.3. The van der Waals surface area contributed by atoms with Crippen molar-refractivity contribution < 1.29 is 32.7 Å². The van der Waals surface area contributed by atoms with Gasteiger partial charge in [-0.15, -0.1) is 5.92 Å². The van der Waals surface area contributed by atoms with Crippen LogP contribution >= 0.6 is 0 Å². The first kappa shape index (κ1) is 20.1. The van der Waals surface area contributed by atoms with Gasteiger partial charge < -0.3 is 24.8 Å². The fraction of sp³-hybridized carbons (Fsp3) is 0.500. The highest BCUT2D eigenvalue weighted by molar-refractivity contribution is 5.97. The Morgan fingerprint density at radius 2 is 1.77 bits per heavy atom. The second-order valence-corrected chi connectivity index (χ2v) is 7.89. The first-order valence-electron chi connectivity index (χ1n) is 10.7. The zero-order chi connectivity index (χ0) is 25.4. The smallest absolute Gasteiger partial charge is 0.408 e. The largest absolute Gasteiger partial charge is 0.481 e. The van der Waals surface area contributed by atoms with Crippen molar-refractivity contribution in [2.75, 3.05) is 13.7 Å². The van der Waals surface area contributed by atoms with Crippen LogP contribution in [0.4, 0.5) is 4.79 Å². The van der Waals surface area contributed by atoms with Crippen molar-refractivity contribution in [3.8, 4) is 17.6 Å². The average Bonchev–Trinajstić information content (AvgIpc) is 2.66. The Labute approximate surface area is 181 Å². The van der Waals surface area contributed by atoms with E-state index in [-0.39, 0.29) is 12.2 Å². The molecular weight excluding hydrogens is 388 g/mol. The van der Waals surface area contributed by atoms with Crippen molar-refractivity contribution in [2.24, 2.45) is 0 Å². The monoisotopic (exact) mass is 421 g/mol. The molecule has 1 aromatic rings. The number of hydrogen-bond donors (Lipinski definition) is 2. The second-order valence-electron chi connectivity index (χ2n) is 7.89. The highest BCUT2D eigenvalue weighted by atomic mass is 16.6. The van der Waals surface area contributed by atoms with Crippen LogP contribution in [-0.4, -0.2) is 48.9 Å². The molecule has 0 aromatic heterocycles. The Balaban J connectivity index is 2.89. The van der Waals surface area contributed by atoms with Gasteiger partial charge in [-0.1, -0.05) is 5.92 Å². The van der Waals surface area contributed by atoms with Crippen molar-refractivity contribution in [1.82, 2.24) is 10.6 Å². The van der Waals surface area contributed by atoms with Crippen molar-refractivity contribution in [1.29, 1.82) is 0 Å². The number of alkyl carbamates (subject to hydrolysis) is 1. The molecule has 0 aliphatic heterocycles. The molecule has 1 rings (SSSR count). The minimum absolute atomic E-state index is 0.126. The van der Waals surface area contributed by atoms with Gasteiger partial charge in [0.2, 0.25) is 0 Å². The SMILES string of the molecule is [2H]C([2H])([2H])C#CCOc1ccc(C(=O)N[C@H](C(=O)OC)C(C)(C)NC(=O)OC(C)(C)C)cc1. The summed E-state index contributed by atoms with van der Waals surface area (Å²) in [6, 6.07) is 4.72. The molecule has 0 spiro atoms. The highest BCUT2D eigenvalue weighted by Crippen LogP contribution is 2.16. The maximum Gasteiger partial charge on any atom is 0.408 e. The van der Waals surface area contributed by atoms with E-state index in [1.165, 1.54) is 31.4 Å². The number of hydrogen-bond acceptors (Lipinski definition) is 6. The van der Waals surface area contributed by atoms with E-state index in [2.05, 4.69) is 22.5 Å². The van der Waals surface area contributed by atoms with Crippen LogP contribution in [0.2, 0.25) is 0 Å². The zero-order valence-corrected chi connectivity index (χ0v) is 18.0.